The van der Waals surface area contributed by atoms with Crippen molar-refractivity contribution in [1.29, 1.82) is 0 Å². The minimum atomic E-state index is 0.388. The first-order chi connectivity index (χ1) is 21.0. The molecule has 2 fully saturated rings. The van der Waals surface area contributed by atoms with E-state index in [4.69, 9.17) is 14.7 Å². The number of halogens is 1. The molecule has 5 aromatic rings. The van der Waals surface area contributed by atoms with Crippen molar-refractivity contribution in [3.8, 4) is 17.0 Å². The first-order valence-corrected chi connectivity index (χ1v) is 14.9. The molecule has 3 N–H and O–H groups in total. The highest BCUT2D eigenvalue weighted by molar-refractivity contribution is 9.10. The van der Waals surface area contributed by atoms with Gasteiger partial charge in [0.1, 0.15) is 17.3 Å². The number of nitrogens with zero attached hydrogens (tertiary/aromatic N) is 9. The van der Waals surface area contributed by atoms with Crippen LogP contribution in [0.15, 0.2) is 59.7 Å². The van der Waals surface area contributed by atoms with E-state index in [1.54, 1.807) is 30.4 Å². The molecule has 0 bridgehead atoms. The van der Waals surface area contributed by atoms with Crippen molar-refractivity contribution in [3.05, 3.63) is 59.7 Å². The van der Waals surface area contributed by atoms with Gasteiger partial charge in [0.15, 0.2) is 0 Å². The monoisotopic (exact) mass is 642 g/mol. The number of rotatable bonds is 8. The molecule has 0 radical (unpaired) electrons. The molecule has 0 unspecified atom stereocenters. The summed E-state index contributed by atoms with van der Waals surface area (Å²) in [5.74, 6) is 2.32. The predicted octanol–water partition coefficient (Wildman–Crippen LogP) is 3.57. The fraction of sp³-hybridized carbons (Fsp3) is 0.310. The van der Waals surface area contributed by atoms with Crippen molar-refractivity contribution in [3.63, 3.8) is 0 Å². The molecule has 2 aliphatic rings. The topological polar surface area (TPSA) is 134 Å². The van der Waals surface area contributed by atoms with Crippen molar-refractivity contribution in [2.24, 2.45) is 7.05 Å². The molecular weight excluding hydrogens is 612 g/mol. The van der Waals surface area contributed by atoms with E-state index >= 15 is 0 Å². The van der Waals surface area contributed by atoms with Gasteiger partial charge in [-0.1, -0.05) is 0 Å². The number of fused-ring (bicyclic) bond motifs is 1. The second-order valence-electron chi connectivity index (χ2n) is 10.6. The maximum absolute atomic E-state index is 5.79. The van der Waals surface area contributed by atoms with Crippen molar-refractivity contribution < 1.29 is 4.74 Å². The van der Waals surface area contributed by atoms with Gasteiger partial charge in [-0.25, -0.2) is 4.98 Å². The largest absolute Gasteiger partial charge is 0.479 e. The number of piperazine rings is 1. The Morgan fingerprint density at radius 1 is 0.953 bits per heavy atom. The number of hydrogen-bond acceptors (Lipinski definition) is 12. The summed E-state index contributed by atoms with van der Waals surface area (Å²) in [6.45, 7) is 5.90. The van der Waals surface area contributed by atoms with E-state index in [0.717, 1.165) is 72.9 Å². The van der Waals surface area contributed by atoms with E-state index < -0.39 is 0 Å². The normalized spacial score (nSPS) is 15.8. The highest BCUT2D eigenvalue weighted by Crippen LogP contribution is 2.38. The van der Waals surface area contributed by atoms with Gasteiger partial charge >= 0.3 is 0 Å². The maximum atomic E-state index is 5.79. The summed E-state index contributed by atoms with van der Waals surface area (Å²) < 4.78 is 8.30. The fourth-order valence-electron chi connectivity index (χ4n) is 5.39. The molecule has 2 saturated heterocycles. The molecule has 43 heavy (non-hydrogen) atoms. The number of nitrogens with one attached hydrogen (secondary N) is 3. The van der Waals surface area contributed by atoms with Crippen molar-refractivity contribution in [1.82, 2.24) is 44.9 Å². The molecule has 0 saturated carbocycles. The molecule has 13 nitrogen and oxygen atoms in total. The van der Waals surface area contributed by atoms with Gasteiger partial charge in [0, 0.05) is 94.0 Å². The van der Waals surface area contributed by atoms with Gasteiger partial charge < -0.3 is 25.6 Å². The van der Waals surface area contributed by atoms with Gasteiger partial charge in [-0.05, 0) is 40.2 Å². The number of aryl methyl sites for hydroxylation is 1. The second-order valence-corrected chi connectivity index (χ2v) is 11.4. The van der Waals surface area contributed by atoms with E-state index in [9.17, 15) is 0 Å². The highest BCUT2D eigenvalue weighted by Gasteiger charge is 2.30. The third-order valence-electron chi connectivity index (χ3n) is 7.79. The summed E-state index contributed by atoms with van der Waals surface area (Å²) in [5.41, 5.74) is 5.02. The van der Waals surface area contributed by atoms with E-state index in [0.29, 0.717) is 33.8 Å². The van der Waals surface area contributed by atoms with Gasteiger partial charge in [0.05, 0.1) is 28.8 Å². The fourth-order valence-corrected chi connectivity index (χ4v) is 5.68. The quantitative estimate of drug-likeness (QED) is 0.228. The predicted molar refractivity (Wildman–Crippen MR) is 169 cm³/mol. The Hall–Kier alpha value is -4.40. The summed E-state index contributed by atoms with van der Waals surface area (Å²) in [4.78, 5) is 27.9. The molecule has 0 atom stereocenters. The number of aromatic nitrogens is 7. The molecule has 0 spiro atoms. The molecule has 14 heteroatoms. The van der Waals surface area contributed by atoms with Gasteiger partial charge in [-0.2, -0.15) is 15.1 Å². The number of benzene rings is 1. The summed E-state index contributed by atoms with van der Waals surface area (Å²) in [6.07, 6.45) is 8.91. The number of pyridine rings is 1. The molecule has 1 aromatic carbocycles. The number of hydrogen-bond donors (Lipinski definition) is 3. The molecule has 6 heterocycles. The first kappa shape index (κ1) is 27.4. The molecule has 7 rings (SSSR count). The third-order valence-corrected chi connectivity index (χ3v) is 8.37. The van der Waals surface area contributed by atoms with Crippen LogP contribution in [0.1, 0.15) is 0 Å². The minimum absolute atomic E-state index is 0.388. The summed E-state index contributed by atoms with van der Waals surface area (Å²) >= 11 is 3.57. The van der Waals surface area contributed by atoms with Gasteiger partial charge in [0.2, 0.25) is 11.8 Å². The second kappa shape index (κ2) is 11.7. The van der Waals surface area contributed by atoms with E-state index in [-0.39, 0.29) is 0 Å². The average Bonchev–Trinajstić information content (AvgIpc) is 3.44. The molecular formula is C29H31BrN12O. The van der Waals surface area contributed by atoms with Crippen LogP contribution >= 0.6 is 15.9 Å². The van der Waals surface area contributed by atoms with Crippen LogP contribution in [0.2, 0.25) is 0 Å². The zero-order valence-corrected chi connectivity index (χ0v) is 25.4. The van der Waals surface area contributed by atoms with Crippen LogP contribution in [0.25, 0.3) is 22.2 Å². The Bertz CT molecular complexity index is 1770. The van der Waals surface area contributed by atoms with Gasteiger partial charge in [-0.15, -0.1) is 0 Å². The Balaban J connectivity index is 1.18. The third kappa shape index (κ3) is 5.68. The van der Waals surface area contributed by atoms with Crippen molar-refractivity contribution in [2.75, 3.05) is 61.9 Å². The Kier molecular flexibility index (Phi) is 7.47. The lowest BCUT2D eigenvalue weighted by molar-refractivity contribution is 0.137. The molecule has 0 amide bonds. The van der Waals surface area contributed by atoms with Crippen LogP contribution in [-0.2, 0) is 7.05 Å². The van der Waals surface area contributed by atoms with Crippen LogP contribution < -0.4 is 25.6 Å². The van der Waals surface area contributed by atoms with Crippen LogP contribution in [0, 0.1) is 0 Å². The van der Waals surface area contributed by atoms with Crippen LogP contribution in [0.4, 0.5) is 29.0 Å². The molecule has 4 aromatic heterocycles. The Morgan fingerprint density at radius 2 is 1.77 bits per heavy atom. The molecule has 0 aliphatic carbocycles. The summed E-state index contributed by atoms with van der Waals surface area (Å²) in [7, 11) is 3.54. The highest BCUT2D eigenvalue weighted by atomic mass is 79.9. The van der Waals surface area contributed by atoms with E-state index in [1.807, 2.05) is 43.7 Å². The lowest BCUT2D eigenvalue weighted by Gasteiger charge is -2.43. The SMILES string of the molecule is COc1nc(N2CCN(C3CNC3)CC2)c(-c2cnn(C)c2)cc1Nc1ncc(Br)c(Nc2ccc3nccnc3c2)n1. The first-order valence-electron chi connectivity index (χ1n) is 14.1. The lowest BCUT2D eigenvalue weighted by atomic mass is 10.1. The summed E-state index contributed by atoms with van der Waals surface area (Å²) in [5, 5.41) is 14.5. The Labute approximate surface area is 256 Å². The molecule has 2 aliphatic heterocycles. The van der Waals surface area contributed by atoms with Crippen molar-refractivity contribution >= 4 is 55.9 Å². The Morgan fingerprint density at radius 3 is 2.49 bits per heavy atom. The smallest absolute Gasteiger partial charge is 0.239 e. The van der Waals surface area contributed by atoms with Crippen LogP contribution in [-0.4, -0.2) is 92.0 Å². The summed E-state index contributed by atoms with van der Waals surface area (Å²) in [6, 6.07) is 8.46. The minimum Gasteiger partial charge on any atom is -0.479 e. The van der Waals surface area contributed by atoms with Gasteiger partial charge in [-0.3, -0.25) is 19.5 Å². The van der Waals surface area contributed by atoms with E-state index in [2.05, 4.69) is 61.7 Å². The van der Waals surface area contributed by atoms with E-state index in [1.165, 1.54) is 0 Å². The number of anilines is 5. The molecule has 220 valence electrons. The standard InChI is InChI=1S/C29H31BrN12O/c1-40-17-18(13-35-40)21-12-25(28(43-2)39-27(21)42-9-7-41(8-10-42)20-14-31-15-20)37-29-34-16-22(30)26(38-29)36-19-3-4-23-24(11-19)33-6-5-32-23/h3-6,11-13,16-17,20,31H,7-10,14-15H2,1-2H3,(H2,34,36,37,38). The van der Waals surface area contributed by atoms with Crippen LogP contribution in [0.3, 0.4) is 0 Å². The number of methoxy groups -OCH3 is 1. The lowest BCUT2D eigenvalue weighted by Crippen LogP contribution is -2.61. The van der Waals surface area contributed by atoms with Crippen molar-refractivity contribution in [2.45, 2.75) is 6.04 Å². The maximum Gasteiger partial charge on any atom is 0.239 e. The number of ether oxygens (including phenoxy) is 1. The average molecular weight is 644 g/mol. The van der Waals surface area contributed by atoms with Crippen LogP contribution in [0.5, 0.6) is 5.88 Å². The zero-order chi connectivity index (χ0) is 29.3. The van der Waals surface area contributed by atoms with Gasteiger partial charge in [0.25, 0.3) is 0 Å². The zero-order valence-electron chi connectivity index (χ0n) is 23.8.